The number of nitrogens with zero attached hydrogens (tertiary/aromatic N) is 6. The van der Waals surface area contributed by atoms with E-state index >= 15 is 0 Å². The lowest BCUT2D eigenvalue weighted by Gasteiger charge is -2.41. The SMILES string of the molecule is Cc1cc2c(N3CCN(C(=NC4C=C(Br)C=CC4)NC#N)[C@@H](C)C3)ncnc2[nH]1. The molecule has 0 bridgehead atoms. The van der Waals surface area contributed by atoms with Crippen LogP contribution in [0.15, 0.2) is 40.1 Å². The molecule has 1 aliphatic carbocycles. The molecule has 2 N–H and O–H groups in total. The fraction of sp³-hybridized carbons (Fsp3) is 0.400. The highest BCUT2D eigenvalue weighted by Gasteiger charge is 2.28. The predicted molar refractivity (Wildman–Crippen MR) is 118 cm³/mol. The van der Waals surface area contributed by atoms with Crippen LogP contribution in [-0.4, -0.2) is 57.5 Å². The Morgan fingerprint density at radius 2 is 2.28 bits per heavy atom. The number of allylic oxidation sites excluding steroid dienone is 2. The molecule has 1 saturated heterocycles. The van der Waals surface area contributed by atoms with E-state index in [1.54, 1.807) is 6.33 Å². The number of rotatable bonds is 2. The summed E-state index contributed by atoms with van der Waals surface area (Å²) in [4.78, 5) is 21.4. The lowest BCUT2D eigenvalue weighted by Crippen LogP contribution is -2.57. The number of nitriles is 1. The second-order valence-electron chi connectivity index (χ2n) is 7.35. The lowest BCUT2D eigenvalue weighted by atomic mass is 10.1. The molecule has 2 aromatic heterocycles. The molecular weight excluding hydrogens is 432 g/mol. The van der Waals surface area contributed by atoms with Gasteiger partial charge in [-0.15, -0.1) is 0 Å². The van der Waals surface area contributed by atoms with E-state index in [2.05, 4.69) is 71.1 Å². The average molecular weight is 455 g/mol. The summed E-state index contributed by atoms with van der Waals surface area (Å²) >= 11 is 3.51. The summed E-state index contributed by atoms with van der Waals surface area (Å²) in [6.45, 7) is 6.49. The zero-order valence-electron chi connectivity index (χ0n) is 16.4. The van der Waals surface area contributed by atoms with Crippen LogP contribution in [0.1, 0.15) is 19.0 Å². The van der Waals surface area contributed by atoms with Crippen molar-refractivity contribution in [1.82, 2.24) is 25.2 Å². The van der Waals surface area contributed by atoms with Gasteiger partial charge >= 0.3 is 0 Å². The number of hydrogen-bond donors (Lipinski definition) is 2. The van der Waals surface area contributed by atoms with Gasteiger partial charge in [-0.1, -0.05) is 28.1 Å². The van der Waals surface area contributed by atoms with E-state index < -0.39 is 0 Å². The molecule has 8 nitrogen and oxygen atoms in total. The first-order chi connectivity index (χ1) is 14.0. The number of anilines is 1. The molecule has 0 aromatic carbocycles. The summed E-state index contributed by atoms with van der Waals surface area (Å²) in [7, 11) is 0. The molecule has 0 spiro atoms. The minimum Gasteiger partial charge on any atom is -0.352 e. The Kier molecular flexibility index (Phi) is 5.53. The number of hydrogen-bond acceptors (Lipinski definition) is 5. The van der Waals surface area contributed by atoms with Gasteiger partial charge in [-0.25, -0.2) is 15.0 Å². The van der Waals surface area contributed by atoms with E-state index in [0.717, 1.165) is 53.1 Å². The normalized spacial score (nSPS) is 22.6. The van der Waals surface area contributed by atoms with Crippen LogP contribution in [0, 0.1) is 18.4 Å². The van der Waals surface area contributed by atoms with Gasteiger partial charge in [0.1, 0.15) is 17.8 Å². The molecule has 3 heterocycles. The van der Waals surface area contributed by atoms with Crippen LogP contribution in [0.3, 0.4) is 0 Å². The summed E-state index contributed by atoms with van der Waals surface area (Å²) in [6.07, 6.45) is 10.6. The van der Waals surface area contributed by atoms with Crippen LogP contribution >= 0.6 is 15.9 Å². The standard InChI is InChI=1S/C20H23BrN8/c1-13-8-17-18(26-13)24-12-25-19(17)28-6-7-29(14(2)10-28)20(23-11-22)27-16-5-3-4-15(21)9-16/h3-4,8-9,12,14,16H,5-7,10H2,1-2H3,(H,23,27)(H,24,25,26)/t14-,16?/m0/s1. The van der Waals surface area contributed by atoms with Gasteiger partial charge in [0.05, 0.1) is 11.4 Å². The molecule has 1 aliphatic heterocycles. The monoisotopic (exact) mass is 454 g/mol. The van der Waals surface area contributed by atoms with E-state index in [1.165, 1.54) is 0 Å². The number of fused-ring (bicyclic) bond motifs is 1. The number of aromatic amines is 1. The van der Waals surface area contributed by atoms with Crippen molar-refractivity contribution in [3.8, 4) is 6.19 Å². The minimum atomic E-state index is 0.0137. The van der Waals surface area contributed by atoms with Crippen LogP contribution in [-0.2, 0) is 0 Å². The predicted octanol–water partition coefficient (Wildman–Crippen LogP) is 2.81. The highest BCUT2D eigenvalue weighted by Crippen LogP contribution is 2.26. The van der Waals surface area contributed by atoms with Gasteiger partial charge in [0.25, 0.3) is 0 Å². The number of aliphatic imine (C=N–C) groups is 1. The van der Waals surface area contributed by atoms with Gasteiger partial charge in [-0.3, -0.25) is 5.32 Å². The Morgan fingerprint density at radius 3 is 3.03 bits per heavy atom. The molecule has 1 unspecified atom stereocenters. The molecule has 150 valence electrons. The fourth-order valence-electron chi connectivity index (χ4n) is 3.88. The van der Waals surface area contributed by atoms with Crippen LogP contribution in [0.4, 0.5) is 5.82 Å². The molecule has 0 saturated carbocycles. The van der Waals surface area contributed by atoms with E-state index in [4.69, 9.17) is 4.99 Å². The smallest absolute Gasteiger partial charge is 0.208 e. The van der Waals surface area contributed by atoms with Gasteiger partial charge in [0.15, 0.2) is 6.19 Å². The molecule has 4 rings (SSSR count). The molecule has 2 aliphatic rings. The van der Waals surface area contributed by atoms with Crippen molar-refractivity contribution in [3.63, 3.8) is 0 Å². The maximum absolute atomic E-state index is 9.25. The zero-order valence-corrected chi connectivity index (χ0v) is 18.0. The second-order valence-corrected chi connectivity index (χ2v) is 8.26. The number of aryl methyl sites for hydroxylation is 1. The van der Waals surface area contributed by atoms with Crippen molar-refractivity contribution in [3.05, 3.63) is 40.8 Å². The largest absolute Gasteiger partial charge is 0.352 e. The molecule has 1 fully saturated rings. The summed E-state index contributed by atoms with van der Waals surface area (Å²) in [5, 5.41) is 13.1. The van der Waals surface area contributed by atoms with Gasteiger partial charge in [-0.05, 0) is 32.4 Å². The fourth-order valence-corrected chi connectivity index (χ4v) is 4.37. The van der Waals surface area contributed by atoms with E-state index in [-0.39, 0.29) is 12.1 Å². The van der Waals surface area contributed by atoms with Crippen molar-refractivity contribution in [2.24, 2.45) is 4.99 Å². The lowest BCUT2D eigenvalue weighted by molar-refractivity contribution is 0.290. The summed E-state index contributed by atoms with van der Waals surface area (Å²) in [6, 6.07) is 2.27. The van der Waals surface area contributed by atoms with Gasteiger partial charge in [0, 0.05) is 35.9 Å². The maximum Gasteiger partial charge on any atom is 0.208 e. The highest BCUT2D eigenvalue weighted by molar-refractivity contribution is 9.11. The molecule has 29 heavy (non-hydrogen) atoms. The first-order valence-corrected chi connectivity index (χ1v) is 10.4. The number of guanidine groups is 1. The van der Waals surface area contributed by atoms with Crippen LogP contribution in [0.5, 0.6) is 0 Å². The number of aromatic nitrogens is 3. The Labute approximate surface area is 178 Å². The van der Waals surface area contributed by atoms with Crippen molar-refractivity contribution >= 4 is 38.7 Å². The maximum atomic E-state index is 9.25. The van der Waals surface area contributed by atoms with Crippen LogP contribution < -0.4 is 10.2 Å². The highest BCUT2D eigenvalue weighted by atomic mass is 79.9. The van der Waals surface area contributed by atoms with Crippen LogP contribution in [0.25, 0.3) is 11.0 Å². The topological polar surface area (TPSA) is 96.2 Å². The van der Waals surface area contributed by atoms with Gasteiger partial charge in [0.2, 0.25) is 5.96 Å². The Bertz CT molecular complexity index is 1030. The summed E-state index contributed by atoms with van der Waals surface area (Å²) in [5.74, 6) is 1.57. The first kappa shape index (κ1) is 19.5. The van der Waals surface area contributed by atoms with Crippen molar-refractivity contribution in [2.45, 2.75) is 32.4 Å². The third-order valence-electron chi connectivity index (χ3n) is 5.20. The zero-order chi connectivity index (χ0) is 20.4. The minimum absolute atomic E-state index is 0.0137. The average Bonchev–Trinajstić information content (AvgIpc) is 3.08. The van der Waals surface area contributed by atoms with Crippen molar-refractivity contribution in [1.29, 1.82) is 5.26 Å². The Morgan fingerprint density at radius 1 is 1.41 bits per heavy atom. The van der Waals surface area contributed by atoms with Crippen LogP contribution in [0.2, 0.25) is 0 Å². The van der Waals surface area contributed by atoms with Gasteiger partial charge in [-0.2, -0.15) is 5.26 Å². The molecule has 2 atom stereocenters. The first-order valence-electron chi connectivity index (χ1n) is 9.64. The van der Waals surface area contributed by atoms with Gasteiger partial charge < -0.3 is 14.8 Å². The molecule has 0 amide bonds. The van der Waals surface area contributed by atoms with E-state index in [9.17, 15) is 5.26 Å². The van der Waals surface area contributed by atoms with E-state index in [1.807, 2.05) is 19.2 Å². The second kappa shape index (κ2) is 8.25. The Balaban J connectivity index is 1.54. The Hall–Kier alpha value is -2.86. The van der Waals surface area contributed by atoms with Crippen molar-refractivity contribution in [2.75, 3.05) is 24.5 Å². The third kappa shape index (κ3) is 4.12. The van der Waals surface area contributed by atoms with Crippen molar-refractivity contribution < 1.29 is 0 Å². The summed E-state index contributed by atoms with van der Waals surface area (Å²) < 4.78 is 1.02. The number of halogens is 1. The summed E-state index contributed by atoms with van der Waals surface area (Å²) in [5.41, 5.74) is 1.93. The number of piperazine rings is 1. The van der Waals surface area contributed by atoms with E-state index in [0.29, 0.717) is 5.96 Å². The number of nitrogens with one attached hydrogen (secondary N) is 2. The quantitative estimate of drug-likeness (QED) is 0.313. The number of H-pyrrole nitrogens is 1. The molecule has 2 aromatic rings. The molecule has 0 radical (unpaired) electrons. The molecule has 9 heteroatoms. The molecular formula is C20H23BrN8. The third-order valence-corrected chi connectivity index (χ3v) is 5.73.